The van der Waals surface area contributed by atoms with Crippen LogP contribution >= 0.6 is 0 Å². The topological polar surface area (TPSA) is 38.8 Å². The van der Waals surface area contributed by atoms with Crippen molar-refractivity contribution in [3.8, 4) is 5.75 Å². The highest BCUT2D eigenvalue weighted by molar-refractivity contribution is 5.78. The first kappa shape index (κ1) is 18.1. The third kappa shape index (κ3) is 3.36. The van der Waals surface area contributed by atoms with Gasteiger partial charge in [-0.05, 0) is 50.3 Å². The summed E-state index contributed by atoms with van der Waals surface area (Å²) in [6, 6.07) is 7.32. The van der Waals surface area contributed by atoms with Gasteiger partial charge in [0.15, 0.2) is 0 Å². The number of esters is 1. The first-order chi connectivity index (χ1) is 12.0. The van der Waals surface area contributed by atoms with Crippen LogP contribution in [-0.2, 0) is 16.1 Å². The Morgan fingerprint density at radius 3 is 2.84 bits per heavy atom. The van der Waals surface area contributed by atoms with E-state index in [1.807, 2.05) is 19.9 Å². The molecule has 2 bridgehead atoms. The molecule has 3 rings (SSSR count). The van der Waals surface area contributed by atoms with Gasteiger partial charge in [-0.25, -0.2) is 0 Å². The lowest BCUT2D eigenvalue weighted by molar-refractivity contribution is -0.157. The number of rotatable bonds is 7. The SMILES string of the molecule is CCOC(=O)[C@@]1(CC)C[C@H]2CC[C@@H]1N2Cc1cccc(OC(F)F)c1. The average molecular weight is 353 g/mol. The number of benzene rings is 1. The largest absolute Gasteiger partial charge is 0.466 e. The van der Waals surface area contributed by atoms with Crippen molar-refractivity contribution in [1.82, 2.24) is 4.90 Å². The number of fused-ring (bicyclic) bond motifs is 2. The van der Waals surface area contributed by atoms with Crippen LogP contribution in [0.25, 0.3) is 0 Å². The van der Waals surface area contributed by atoms with Crippen LogP contribution in [0.15, 0.2) is 24.3 Å². The molecule has 2 saturated heterocycles. The first-order valence-electron chi connectivity index (χ1n) is 8.97. The highest BCUT2D eigenvalue weighted by Gasteiger charge is 2.59. The van der Waals surface area contributed by atoms with Crippen molar-refractivity contribution < 1.29 is 23.0 Å². The Morgan fingerprint density at radius 2 is 2.16 bits per heavy atom. The number of ether oxygens (including phenoxy) is 2. The molecule has 138 valence electrons. The van der Waals surface area contributed by atoms with Gasteiger partial charge < -0.3 is 9.47 Å². The lowest BCUT2D eigenvalue weighted by atomic mass is 9.72. The Bertz CT molecular complexity index is 624. The lowest BCUT2D eigenvalue weighted by Gasteiger charge is -2.34. The quantitative estimate of drug-likeness (QED) is 0.695. The molecule has 0 unspecified atom stereocenters. The van der Waals surface area contributed by atoms with Crippen LogP contribution in [0.2, 0.25) is 0 Å². The maximum atomic E-state index is 12.6. The molecule has 0 saturated carbocycles. The molecule has 0 aliphatic carbocycles. The van der Waals surface area contributed by atoms with Crippen molar-refractivity contribution in [1.29, 1.82) is 0 Å². The highest BCUT2D eigenvalue weighted by atomic mass is 19.3. The molecule has 4 nitrogen and oxygen atoms in total. The van der Waals surface area contributed by atoms with Crippen LogP contribution in [-0.4, -0.2) is 36.2 Å². The summed E-state index contributed by atoms with van der Waals surface area (Å²) in [5.41, 5.74) is 0.488. The van der Waals surface area contributed by atoms with Gasteiger partial charge in [0.25, 0.3) is 0 Å². The van der Waals surface area contributed by atoms with E-state index in [4.69, 9.17) is 4.74 Å². The standard InChI is InChI=1S/C19H25F2NO3/c1-3-19(17(23)24-4-2)11-14-8-9-16(19)22(14)12-13-6-5-7-15(10-13)25-18(20)21/h5-7,10,14,16,18H,3-4,8-9,11-12H2,1-2H3/t14-,16+,19+/m1/s1. The number of halogens is 2. The predicted molar refractivity (Wildman–Crippen MR) is 89.4 cm³/mol. The maximum absolute atomic E-state index is 12.6. The zero-order chi connectivity index (χ0) is 18.0. The molecule has 2 aliphatic heterocycles. The Kier molecular flexibility index (Phi) is 5.27. The van der Waals surface area contributed by atoms with Gasteiger partial charge in [-0.15, -0.1) is 0 Å². The molecule has 25 heavy (non-hydrogen) atoms. The van der Waals surface area contributed by atoms with E-state index in [1.54, 1.807) is 12.1 Å². The Hall–Kier alpha value is -1.69. The van der Waals surface area contributed by atoms with E-state index >= 15 is 0 Å². The Morgan fingerprint density at radius 1 is 1.36 bits per heavy atom. The van der Waals surface area contributed by atoms with Crippen molar-refractivity contribution in [2.24, 2.45) is 5.41 Å². The highest BCUT2D eigenvalue weighted by Crippen LogP contribution is 2.52. The molecule has 0 spiro atoms. The van der Waals surface area contributed by atoms with Crippen LogP contribution in [0, 0.1) is 5.41 Å². The summed E-state index contributed by atoms with van der Waals surface area (Å²) in [6.45, 7) is 2.09. The van der Waals surface area contributed by atoms with Gasteiger partial charge in [-0.1, -0.05) is 19.1 Å². The average Bonchev–Trinajstić information content (AvgIpc) is 3.10. The Balaban J connectivity index is 1.77. The van der Waals surface area contributed by atoms with Gasteiger partial charge in [-0.3, -0.25) is 9.69 Å². The van der Waals surface area contributed by atoms with Crippen molar-refractivity contribution in [2.45, 2.75) is 64.8 Å². The summed E-state index contributed by atoms with van der Waals surface area (Å²) in [5, 5.41) is 0. The van der Waals surface area contributed by atoms with Crippen LogP contribution < -0.4 is 4.74 Å². The summed E-state index contributed by atoms with van der Waals surface area (Å²) < 4.78 is 34.7. The molecule has 0 aromatic heterocycles. The molecule has 0 N–H and O–H groups in total. The van der Waals surface area contributed by atoms with Gasteiger partial charge >= 0.3 is 12.6 Å². The normalized spacial score (nSPS) is 28.5. The van der Waals surface area contributed by atoms with E-state index < -0.39 is 12.0 Å². The van der Waals surface area contributed by atoms with E-state index in [0.717, 1.165) is 31.2 Å². The molecule has 1 aromatic rings. The van der Waals surface area contributed by atoms with Gasteiger partial charge in [0.1, 0.15) is 5.75 Å². The van der Waals surface area contributed by atoms with Crippen LogP contribution in [0.3, 0.4) is 0 Å². The molecule has 2 fully saturated rings. The summed E-state index contributed by atoms with van der Waals surface area (Å²) in [5.74, 6) is 0.0793. The van der Waals surface area contributed by atoms with E-state index in [9.17, 15) is 13.6 Å². The first-order valence-corrected chi connectivity index (χ1v) is 8.97. The van der Waals surface area contributed by atoms with Crippen LogP contribution in [0.5, 0.6) is 5.75 Å². The predicted octanol–water partition coefficient (Wildman–Crippen LogP) is 3.98. The molecule has 0 radical (unpaired) electrons. The number of alkyl halides is 2. The molecule has 2 heterocycles. The van der Waals surface area contributed by atoms with Crippen LogP contribution in [0.1, 0.15) is 45.1 Å². The second-order valence-corrected chi connectivity index (χ2v) is 6.88. The second kappa shape index (κ2) is 7.28. The van der Waals surface area contributed by atoms with E-state index in [2.05, 4.69) is 9.64 Å². The summed E-state index contributed by atoms with van der Waals surface area (Å²) >= 11 is 0. The minimum Gasteiger partial charge on any atom is -0.466 e. The van der Waals surface area contributed by atoms with E-state index in [0.29, 0.717) is 19.2 Å². The fourth-order valence-electron chi connectivity index (χ4n) is 4.59. The zero-order valence-electron chi connectivity index (χ0n) is 14.7. The van der Waals surface area contributed by atoms with Gasteiger partial charge in [0.2, 0.25) is 0 Å². The third-order valence-corrected chi connectivity index (χ3v) is 5.68. The molecular weight excluding hydrogens is 328 g/mol. The van der Waals surface area contributed by atoms with E-state index in [1.165, 1.54) is 6.07 Å². The second-order valence-electron chi connectivity index (χ2n) is 6.88. The van der Waals surface area contributed by atoms with Crippen LogP contribution in [0.4, 0.5) is 8.78 Å². The molecular formula is C19H25F2NO3. The minimum atomic E-state index is -2.82. The summed E-state index contributed by atoms with van der Waals surface area (Å²) in [7, 11) is 0. The van der Waals surface area contributed by atoms with Crippen molar-refractivity contribution in [3.05, 3.63) is 29.8 Å². The van der Waals surface area contributed by atoms with E-state index in [-0.39, 0.29) is 17.8 Å². The zero-order valence-corrected chi connectivity index (χ0v) is 14.7. The minimum absolute atomic E-state index is 0.0931. The number of carbonyl (C=O) groups is 1. The monoisotopic (exact) mass is 353 g/mol. The molecule has 0 amide bonds. The fraction of sp³-hybridized carbons (Fsp3) is 0.632. The molecule has 3 atom stereocenters. The lowest BCUT2D eigenvalue weighted by Crippen LogP contribution is -2.43. The third-order valence-electron chi connectivity index (χ3n) is 5.68. The summed E-state index contributed by atoms with van der Waals surface area (Å²) in [4.78, 5) is 15.0. The maximum Gasteiger partial charge on any atom is 0.387 e. The Labute approximate surface area is 147 Å². The number of nitrogens with zero attached hydrogens (tertiary/aromatic N) is 1. The fourth-order valence-corrected chi connectivity index (χ4v) is 4.59. The van der Waals surface area contributed by atoms with Crippen molar-refractivity contribution >= 4 is 5.97 Å². The number of hydrogen-bond acceptors (Lipinski definition) is 4. The van der Waals surface area contributed by atoms with Crippen molar-refractivity contribution in [3.63, 3.8) is 0 Å². The van der Waals surface area contributed by atoms with Gasteiger partial charge in [-0.2, -0.15) is 8.78 Å². The molecule has 1 aromatic carbocycles. The molecule has 6 heteroatoms. The number of hydrogen-bond donors (Lipinski definition) is 0. The molecule has 2 aliphatic rings. The van der Waals surface area contributed by atoms with Gasteiger partial charge in [0.05, 0.1) is 12.0 Å². The number of carbonyl (C=O) groups excluding carboxylic acids is 1. The smallest absolute Gasteiger partial charge is 0.387 e. The van der Waals surface area contributed by atoms with Gasteiger partial charge in [0, 0.05) is 18.6 Å². The van der Waals surface area contributed by atoms with Crippen molar-refractivity contribution in [2.75, 3.05) is 6.61 Å². The summed E-state index contributed by atoms with van der Waals surface area (Å²) in [6.07, 6.45) is 3.63.